The van der Waals surface area contributed by atoms with Crippen LogP contribution in [-0.4, -0.2) is 79.9 Å². The van der Waals surface area contributed by atoms with Gasteiger partial charge in [0.05, 0.1) is 31.0 Å². The first-order valence-corrected chi connectivity index (χ1v) is 18.9. The van der Waals surface area contributed by atoms with E-state index in [0.717, 1.165) is 43.5 Å². The van der Waals surface area contributed by atoms with Gasteiger partial charge in [0.15, 0.2) is 6.61 Å². The van der Waals surface area contributed by atoms with Crippen molar-refractivity contribution in [1.29, 1.82) is 0 Å². The highest BCUT2D eigenvalue weighted by Gasteiger charge is 2.28. The number of hydrogen-bond acceptors (Lipinski definition) is 10. The molecule has 59 heavy (non-hydrogen) atoms. The van der Waals surface area contributed by atoms with Gasteiger partial charge in [-0.05, 0) is 65.7 Å². The first kappa shape index (κ1) is 44.5. The highest BCUT2D eigenvalue weighted by molar-refractivity contribution is 6.33. The number of nitrogens with zero attached hydrogens (tertiary/aromatic N) is 2. The Labute approximate surface area is 347 Å². The zero-order valence-corrected chi connectivity index (χ0v) is 32.8. The van der Waals surface area contributed by atoms with Gasteiger partial charge in [-0.25, -0.2) is 9.97 Å². The number of pyridine rings is 2. The normalized spacial score (nSPS) is 16.2. The number of nitrogens with two attached hydrogens (primary N) is 1. The zero-order chi connectivity index (χ0) is 42.2. The van der Waals surface area contributed by atoms with Crippen LogP contribution < -0.4 is 31.7 Å². The first-order valence-electron chi connectivity index (χ1n) is 18.1. The van der Waals surface area contributed by atoms with Crippen LogP contribution >= 0.6 is 23.2 Å². The Hall–Kier alpha value is -5.62. The number of carbonyl (C=O) groups is 3. The molecule has 2 atom stereocenters. The largest absolute Gasteiger partial charge is 0.468 e. The average molecular weight is 855 g/mol. The standard InChI is InChI=1S/C18H18F3N3O3.C16H15Cl2N3O2.C7H7NO/c19-18(20,21)11-27-16-6-3-13(9-23-16)17(25)24-14-4-1-12(2-5-14)15-10-22-7-8-26-15;17-14-7-11(8-15(18)21-14)16(22)20-12-3-1-10(2-4-12)13-9-19-5-6-23-13;8-7(9)6-4-2-1-3-5-6/h1-6,9,15,22H,7-8,10-11H2,(H,24,25);1-4,7-8,13,19H,5-6,9H2,(H,20,22);1-5H,(H2,8,9). The van der Waals surface area contributed by atoms with Gasteiger partial charge in [-0.2, -0.15) is 13.2 Å². The van der Waals surface area contributed by atoms with Crippen LogP contribution in [-0.2, 0) is 9.47 Å². The van der Waals surface area contributed by atoms with E-state index >= 15 is 0 Å². The number of nitrogens with one attached hydrogen (secondary N) is 4. The molecule has 3 amide bonds. The molecular weight excluding hydrogens is 814 g/mol. The number of amides is 3. The Morgan fingerprint density at radius 1 is 0.729 bits per heavy atom. The van der Waals surface area contributed by atoms with Crippen molar-refractivity contribution in [2.75, 3.05) is 56.6 Å². The third-order valence-electron chi connectivity index (χ3n) is 8.40. The molecule has 6 N–H and O–H groups in total. The van der Waals surface area contributed by atoms with Crippen LogP contribution in [0.15, 0.2) is 109 Å². The van der Waals surface area contributed by atoms with Crippen LogP contribution in [0, 0.1) is 0 Å². The maximum atomic E-state index is 12.2. The lowest BCUT2D eigenvalue weighted by atomic mass is 10.1. The molecule has 3 aromatic carbocycles. The van der Waals surface area contributed by atoms with E-state index in [2.05, 4.69) is 36.0 Å². The maximum absolute atomic E-state index is 12.2. The van der Waals surface area contributed by atoms with E-state index in [-0.39, 0.29) is 45.8 Å². The number of hydrogen-bond donors (Lipinski definition) is 5. The van der Waals surface area contributed by atoms with E-state index < -0.39 is 18.7 Å². The maximum Gasteiger partial charge on any atom is 0.422 e. The lowest BCUT2D eigenvalue weighted by Gasteiger charge is -2.24. The zero-order valence-electron chi connectivity index (χ0n) is 31.3. The minimum absolute atomic E-state index is 0.0167. The lowest BCUT2D eigenvalue weighted by Crippen LogP contribution is -2.33. The Bertz CT molecular complexity index is 2100. The van der Waals surface area contributed by atoms with Crippen LogP contribution in [0.1, 0.15) is 54.4 Å². The fourth-order valence-electron chi connectivity index (χ4n) is 5.48. The molecule has 310 valence electrons. The van der Waals surface area contributed by atoms with Crippen molar-refractivity contribution >= 4 is 52.3 Å². The third kappa shape index (κ3) is 14.9. The van der Waals surface area contributed by atoms with Gasteiger partial charge < -0.3 is 41.2 Å². The predicted molar refractivity (Wildman–Crippen MR) is 217 cm³/mol. The number of primary amides is 1. The van der Waals surface area contributed by atoms with Crippen molar-refractivity contribution in [3.05, 3.63) is 147 Å². The van der Waals surface area contributed by atoms with E-state index in [9.17, 15) is 27.6 Å². The number of benzene rings is 3. The van der Waals surface area contributed by atoms with Gasteiger partial charge in [0.1, 0.15) is 10.3 Å². The number of alkyl halides is 3. The molecule has 0 radical (unpaired) electrons. The number of rotatable bonds is 9. The lowest BCUT2D eigenvalue weighted by molar-refractivity contribution is -0.154. The van der Waals surface area contributed by atoms with Gasteiger partial charge >= 0.3 is 6.18 Å². The second-order valence-corrected chi connectivity index (χ2v) is 13.6. The van der Waals surface area contributed by atoms with Gasteiger partial charge in [0, 0.05) is 60.9 Å². The van der Waals surface area contributed by atoms with Gasteiger partial charge in [0.2, 0.25) is 11.8 Å². The first-order chi connectivity index (χ1) is 28.3. The number of carbonyl (C=O) groups excluding carboxylic acids is 3. The average Bonchev–Trinajstić information content (AvgIpc) is 3.24. The summed E-state index contributed by atoms with van der Waals surface area (Å²) >= 11 is 11.6. The summed E-state index contributed by atoms with van der Waals surface area (Å²) in [6.45, 7) is 3.16. The fourth-order valence-corrected chi connectivity index (χ4v) is 5.94. The van der Waals surface area contributed by atoms with Crippen molar-refractivity contribution in [3.8, 4) is 5.88 Å². The summed E-state index contributed by atoms with van der Waals surface area (Å²) in [5.74, 6) is -1.29. The van der Waals surface area contributed by atoms with Crippen LogP contribution in [0.2, 0.25) is 10.3 Å². The summed E-state index contributed by atoms with van der Waals surface area (Å²) in [6, 6.07) is 29.1. The molecule has 13 nitrogen and oxygen atoms in total. The molecule has 2 aliphatic heterocycles. The molecule has 2 aliphatic rings. The monoisotopic (exact) mass is 853 g/mol. The molecule has 5 aromatic rings. The van der Waals surface area contributed by atoms with E-state index in [1.54, 1.807) is 36.4 Å². The SMILES string of the molecule is NC(=O)c1ccccc1.O=C(Nc1ccc(C2CNCCO2)cc1)c1cc(Cl)nc(Cl)c1.O=C(Nc1ccc(C2CNCCO2)cc1)c1ccc(OCC(F)(F)F)nc1. The Morgan fingerprint density at radius 3 is 1.64 bits per heavy atom. The van der Waals surface area contributed by atoms with Crippen LogP contribution in [0.5, 0.6) is 5.88 Å². The number of anilines is 2. The van der Waals surface area contributed by atoms with Gasteiger partial charge in [-0.1, -0.05) is 65.7 Å². The molecular formula is C41H40Cl2F3N7O6. The summed E-state index contributed by atoms with van der Waals surface area (Å²) in [4.78, 5) is 42.4. The summed E-state index contributed by atoms with van der Waals surface area (Å²) in [5, 5.41) is 12.4. The smallest absolute Gasteiger partial charge is 0.422 e. The minimum atomic E-state index is -4.44. The summed E-state index contributed by atoms with van der Waals surface area (Å²) in [5.41, 5.74) is 9.45. The van der Waals surface area contributed by atoms with Crippen molar-refractivity contribution < 1.29 is 41.8 Å². The van der Waals surface area contributed by atoms with Crippen molar-refractivity contribution in [2.45, 2.75) is 18.4 Å². The fraction of sp³-hybridized carbons (Fsp3) is 0.244. The van der Waals surface area contributed by atoms with E-state index in [0.29, 0.717) is 35.7 Å². The van der Waals surface area contributed by atoms with Crippen molar-refractivity contribution in [2.24, 2.45) is 5.73 Å². The number of morpholine rings is 2. The molecule has 2 saturated heterocycles. The van der Waals surface area contributed by atoms with E-state index in [1.807, 2.05) is 42.5 Å². The van der Waals surface area contributed by atoms with Crippen LogP contribution in [0.25, 0.3) is 0 Å². The summed E-state index contributed by atoms with van der Waals surface area (Å²) < 4.78 is 52.2. The van der Waals surface area contributed by atoms with Gasteiger partial charge in [-0.15, -0.1) is 0 Å². The van der Waals surface area contributed by atoms with Gasteiger partial charge in [0.25, 0.3) is 11.8 Å². The van der Waals surface area contributed by atoms with Crippen LogP contribution in [0.4, 0.5) is 24.5 Å². The highest BCUT2D eigenvalue weighted by Crippen LogP contribution is 2.23. The molecule has 2 aromatic heterocycles. The molecule has 0 aliphatic carbocycles. The summed E-state index contributed by atoms with van der Waals surface area (Å²) in [7, 11) is 0. The highest BCUT2D eigenvalue weighted by atomic mass is 35.5. The minimum Gasteiger partial charge on any atom is -0.468 e. The topological polar surface area (TPSA) is 179 Å². The van der Waals surface area contributed by atoms with E-state index in [4.69, 9.17) is 38.4 Å². The Morgan fingerprint density at radius 2 is 1.24 bits per heavy atom. The Kier molecular flexibility index (Phi) is 16.5. The van der Waals surface area contributed by atoms with Crippen LogP contribution in [0.3, 0.4) is 0 Å². The quantitative estimate of drug-likeness (QED) is 0.0968. The van der Waals surface area contributed by atoms with Gasteiger partial charge in [-0.3, -0.25) is 14.4 Å². The second kappa shape index (κ2) is 21.9. The summed E-state index contributed by atoms with van der Waals surface area (Å²) in [6.07, 6.45) is -3.25. The number of ether oxygens (including phenoxy) is 3. The molecule has 4 heterocycles. The predicted octanol–water partition coefficient (Wildman–Crippen LogP) is 7.02. The third-order valence-corrected chi connectivity index (χ3v) is 8.79. The molecule has 18 heteroatoms. The molecule has 2 fully saturated rings. The molecule has 7 rings (SSSR count). The molecule has 0 spiro atoms. The number of aromatic nitrogens is 2. The second-order valence-electron chi connectivity index (χ2n) is 12.8. The molecule has 0 bridgehead atoms. The Balaban J connectivity index is 0.000000187. The van der Waals surface area contributed by atoms with Crippen molar-refractivity contribution in [1.82, 2.24) is 20.6 Å². The molecule has 2 unspecified atom stereocenters. The number of halogens is 5. The van der Waals surface area contributed by atoms with Crippen molar-refractivity contribution in [3.63, 3.8) is 0 Å². The van der Waals surface area contributed by atoms with E-state index in [1.165, 1.54) is 24.3 Å². The molecule has 0 saturated carbocycles.